The third-order valence-corrected chi connectivity index (χ3v) is 4.51. The molecule has 167 valence electrons. The molecular formula is C24H28N3NiO3. The first-order valence-corrected chi connectivity index (χ1v) is 10.2. The van der Waals surface area contributed by atoms with Gasteiger partial charge in [-0.05, 0) is 32.2 Å². The molecule has 0 N–H and O–H groups in total. The molecule has 2 rings (SSSR count). The Labute approximate surface area is 194 Å². The largest absolute Gasteiger partial charge is 3.00 e. The fraction of sp³-hybridized carbons (Fsp3) is 0.375. The van der Waals surface area contributed by atoms with Crippen LogP contribution in [-0.2, 0) is 27.8 Å². The molecule has 0 saturated heterocycles. The van der Waals surface area contributed by atoms with Gasteiger partial charge in [-0.2, -0.15) is 0 Å². The van der Waals surface area contributed by atoms with Gasteiger partial charge in [0.05, 0.1) is 11.7 Å². The Morgan fingerprint density at radius 1 is 1.03 bits per heavy atom. The van der Waals surface area contributed by atoms with Crippen LogP contribution in [0.4, 0.5) is 5.69 Å². The first-order chi connectivity index (χ1) is 14.5. The number of aliphatic carboxylic acids is 1. The Morgan fingerprint density at radius 2 is 1.71 bits per heavy atom. The van der Waals surface area contributed by atoms with E-state index >= 15 is 0 Å². The van der Waals surface area contributed by atoms with Gasteiger partial charge in [-0.1, -0.05) is 66.9 Å². The van der Waals surface area contributed by atoms with Gasteiger partial charge in [0.15, 0.2) is 0 Å². The number of carbonyl (C=O) groups excluding carboxylic acids is 1. The van der Waals surface area contributed by atoms with Crippen LogP contribution in [0.2, 0.25) is 0 Å². The molecular weight excluding hydrogens is 437 g/mol. The SMILES string of the molecule is CC(=NC(C)CC(=O)[O-])c1ccccc1N=C([O-])CCCC[N-]Cc1ccccc1.[Ni+3]. The van der Waals surface area contributed by atoms with Gasteiger partial charge in [0.1, 0.15) is 0 Å². The van der Waals surface area contributed by atoms with E-state index in [2.05, 4.69) is 15.3 Å². The molecule has 0 aliphatic carbocycles. The topological polar surface area (TPSA) is 102 Å². The summed E-state index contributed by atoms with van der Waals surface area (Å²) in [6.45, 7) is 4.92. The summed E-state index contributed by atoms with van der Waals surface area (Å²) < 4.78 is 0. The maximum atomic E-state index is 12.3. The summed E-state index contributed by atoms with van der Waals surface area (Å²) in [5.74, 6) is -1.32. The van der Waals surface area contributed by atoms with Crippen LogP contribution in [0.1, 0.15) is 50.7 Å². The van der Waals surface area contributed by atoms with Crippen LogP contribution in [0.5, 0.6) is 0 Å². The second-order valence-electron chi connectivity index (χ2n) is 7.21. The van der Waals surface area contributed by atoms with Gasteiger partial charge in [0.25, 0.3) is 0 Å². The van der Waals surface area contributed by atoms with Crippen molar-refractivity contribution in [3.63, 3.8) is 0 Å². The fourth-order valence-corrected chi connectivity index (χ4v) is 3.05. The van der Waals surface area contributed by atoms with Crippen molar-refractivity contribution in [2.45, 2.75) is 52.1 Å². The molecule has 0 spiro atoms. The van der Waals surface area contributed by atoms with Crippen molar-refractivity contribution in [3.05, 3.63) is 71.0 Å². The molecule has 0 bridgehead atoms. The van der Waals surface area contributed by atoms with Gasteiger partial charge < -0.3 is 20.3 Å². The zero-order chi connectivity index (χ0) is 21.8. The molecule has 7 heteroatoms. The summed E-state index contributed by atoms with van der Waals surface area (Å²) in [7, 11) is 0. The predicted octanol–water partition coefficient (Wildman–Crippen LogP) is 3.16. The maximum Gasteiger partial charge on any atom is 3.00 e. The quantitative estimate of drug-likeness (QED) is 0.208. The average molecular weight is 465 g/mol. The zero-order valence-electron chi connectivity index (χ0n) is 17.9. The number of aliphatic imine (C=N–C) groups is 2. The number of carbonyl (C=O) groups is 1. The van der Waals surface area contributed by atoms with E-state index in [4.69, 9.17) is 0 Å². The van der Waals surface area contributed by atoms with Gasteiger partial charge >= 0.3 is 16.5 Å². The maximum absolute atomic E-state index is 12.3. The van der Waals surface area contributed by atoms with E-state index in [0.29, 0.717) is 24.4 Å². The Hall–Kier alpha value is -2.50. The summed E-state index contributed by atoms with van der Waals surface area (Å²) in [6.07, 6.45) is 1.80. The van der Waals surface area contributed by atoms with Crippen LogP contribution in [0.15, 0.2) is 64.6 Å². The molecule has 0 heterocycles. The number of para-hydroxylation sites is 1. The number of benzene rings is 2. The van der Waals surface area contributed by atoms with Gasteiger partial charge in [-0.3, -0.25) is 9.98 Å². The van der Waals surface area contributed by atoms with Gasteiger partial charge in [-0.25, -0.2) is 0 Å². The molecule has 2 aromatic carbocycles. The summed E-state index contributed by atoms with van der Waals surface area (Å²) in [5.41, 5.74) is 3.12. The van der Waals surface area contributed by atoms with Crippen molar-refractivity contribution in [3.8, 4) is 0 Å². The third kappa shape index (κ3) is 10.4. The van der Waals surface area contributed by atoms with Crippen molar-refractivity contribution in [1.82, 2.24) is 0 Å². The van der Waals surface area contributed by atoms with Gasteiger partial charge in [-0.15, -0.1) is 13.1 Å². The molecule has 6 nitrogen and oxygen atoms in total. The number of carboxylic acids is 1. The van der Waals surface area contributed by atoms with Gasteiger partial charge in [0.2, 0.25) is 0 Å². The summed E-state index contributed by atoms with van der Waals surface area (Å²) in [4.78, 5) is 19.4. The Balaban J connectivity index is 0.00000480. The second-order valence-corrected chi connectivity index (χ2v) is 7.21. The van der Waals surface area contributed by atoms with Crippen LogP contribution in [0.25, 0.3) is 5.32 Å². The van der Waals surface area contributed by atoms with E-state index in [1.54, 1.807) is 19.9 Å². The van der Waals surface area contributed by atoms with E-state index in [-0.39, 0.29) is 28.8 Å². The molecule has 0 aromatic heterocycles. The van der Waals surface area contributed by atoms with E-state index < -0.39 is 12.0 Å². The number of hydrogen-bond donors (Lipinski definition) is 0. The molecule has 1 unspecified atom stereocenters. The summed E-state index contributed by atoms with van der Waals surface area (Å²) in [5, 5.41) is 27.5. The van der Waals surface area contributed by atoms with Crippen molar-refractivity contribution >= 4 is 23.3 Å². The van der Waals surface area contributed by atoms with Crippen LogP contribution >= 0.6 is 0 Å². The molecule has 0 saturated carbocycles. The van der Waals surface area contributed by atoms with E-state index in [1.165, 1.54) is 5.56 Å². The predicted molar refractivity (Wildman–Crippen MR) is 117 cm³/mol. The summed E-state index contributed by atoms with van der Waals surface area (Å²) >= 11 is 0. The number of rotatable bonds is 12. The molecule has 0 aliphatic heterocycles. The van der Waals surface area contributed by atoms with E-state index in [0.717, 1.165) is 24.9 Å². The average Bonchev–Trinajstić information content (AvgIpc) is 2.71. The normalized spacial score (nSPS) is 12.8. The number of unbranched alkanes of at least 4 members (excludes halogenated alkanes) is 1. The van der Waals surface area contributed by atoms with Crippen molar-refractivity contribution < 1.29 is 31.5 Å². The fourth-order valence-electron chi connectivity index (χ4n) is 3.05. The minimum Gasteiger partial charge on any atom is -0.862 e. The first-order valence-electron chi connectivity index (χ1n) is 10.2. The monoisotopic (exact) mass is 464 g/mol. The first kappa shape index (κ1) is 26.5. The zero-order valence-corrected chi connectivity index (χ0v) is 18.9. The van der Waals surface area contributed by atoms with Crippen molar-refractivity contribution in [1.29, 1.82) is 0 Å². The third-order valence-electron chi connectivity index (χ3n) is 4.51. The van der Waals surface area contributed by atoms with Crippen LogP contribution in [0.3, 0.4) is 0 Å². The van der Waals surface area contributed by atoms with Crippen molar-refractivity contribution in [2.24, 2.45) is 9.98 Å². The number of hydrogen-bond acceptors (Lipinski definition) is 5. The molecule has 1 atom stereocenters. The van der Waals surface area contributed by atoms with E-state index in [9.17, 15) is 15.0 Å². The molecule has 0 amide bonds. The molecule has 2 aromatic rings. The minimum absolute atomic E-state index is 0. The Kier molecular flexibility index (Phi) is 12.4. The van der Waals surface area contributed by atoms with Crippen LogP contribution in [-0.4, -0.2) is 30.2 Å². The summed E-state index contributed by atoms with van der Waals surface area (Å²) in [6, 6.07) is 16.9. The minimum atomic E-state index is -1.14. The van der Waals surface area contributed by atoms with E-state index in [1.807, 2.05) is 48.5 Å². The van der Waals surface area contributed by atoms with Gasteiger partial charge in [0, 0.05) is 23.7 Å². The molecule has 31 heavy (non-hydrogen) atoms. The second kappa shape index (κ2) is 14.5. The van der Waals surface area contributed by atoms with Crippen molar-refractivity contribution in [2.75, 3.05) is 6.54 Å². The Bertz CT molecular complexity index is 869. The molecule has 1 radical (unpaired) electrons. The molecule has 0 aliphatic rings. The number of carboxylic acid groups (broad SMARTS) is 1. The van der Waals surface area contributed by atoms with Crippen LogP contribution < -0.4 is 10.2 Å². The van der Waals surface area contributed by atoms with Crippen LogP contribution in [0, 0.1) is 0 Å². The smallest absolute Gasteiger partial charge is 0.862 e. The number of nitrogens with zero attached hydrogens (tertiary/aromatic N) is 3. The standard InChI is InChI=1S/C24H30N3O3.Ni/c1-18(16-24(29)30)26-19(2)21-12-6-7-13-22(21)27-23(28)14-8-9-15-25-17-20-10-4-3-5-11-20;/h3-7,10-13,18H,8-9,14-17H2,1-2H3,(H,27,28)(H,29,30);/q-1;+3/p-2. The molecule has 0 fully saturated rings. The Morgan fingerprint density at radius 3 is 2.42 bits per heavy atom.